The maximum absolute atomic E-state index is 5.54. The van der Waals surface area contributed by atoms with E-state index in [1.807, 2.05) is 36.4 Å². The monoisotopic (exact) mass is 312 g/mol. The summed E-state index contributed by atoms with van der Waals surface area (Å²) in [6, 6.07) is 12.0. The summed E-state index contributed by atoms with van der Waals surface area (Å²) in [6.45, 7) is 4.26. The fourth-order valence-corrected chi connectivity index (χ4v) is 2.53. The van der Waals surface area contributed by atoms with E-state index in [9.17, 15) is 0 Å². The molecule has 0 aliphatic rings. The van der Waals surface area contributed by atoms with Gasteiger partial charge in [0, 0.05) is 5.56 Å². The minimum absolute atomic E-state index is 0.333. The van der Waals surface area contributed by atoms with E-state index in [4.69, 9.17) is 14.2 Å². The van der Waals surface area contributed by atoms with E-state index in [0.29, 0.717) is 5.92 Å². The van der Waals surface area contributed by atoms with Gasteiger partial charge in [-0.05, 0) is 41.3 Å². The van der Waals surface area contributed by atoms with Gasteiger partial charge in [-0.15, -0.1) is 0 Å². The van der Waals surface area contributed by atoms with Gasteiger partial charge in [-0.2, -0.15) is 0 Å². The summed E-state index contributed by atoms with van der Waals surface area (Å²) in [4.78, 5) is 0. The summed E-state index contributed by atoms with van der Waals surface area (Å²) in [5, 5.41) is 0. The van der Waals surface area contributed by atoms with Gasteiger partial charge in [-0.1, -0.05) is 38.1 Å². The van der Waals surface area contributed by atoms with Gasteiger partial charge in [0.05, 0.1) is 21.3 Å². The average Bonchev–Trinajstić information content (AvgIpc) is 2.59. The van der Waals surface area contributed by atoms with E-state index >= 15 is 0 Å². The Morgan fingerprint density at radius 1 is 0.739 bits per heavy atom. The van der Waals surface area contributed by atoms with E-state index in [1.165, 1.54) is 0 Å². The van der Waals surface area contributed by atoms with Crippen molar-refractivity contribution in [2.24, 2.45) is 0 Å². The lowest BCUT2D eigenvalue weighted by molar-refractivity contribution is 0.382. The molecular weight excluding hydrogens is 288 g/mol. The average molecular weight is 312 g/mol. The molecule has 0 aliphatic carbocycles. The number of rotatable bonds is 6. The van der Waals surface area contributed by atoms with Crippen LogP contribution in [0, 0.1) is 0 Å². The van der Waals surface area contributed by atoms with Gasteiger partial charge in [0.1, 0.15) is 17.2 Å². The zero-order valence-corrected chi connectivity index (χ0v) is 14.4. The Bertz CT molecular complexity index is 645. The van der Waals surface area contributed by atoms with Crippen molar-refractivity contribution in [1.29, 1.82) is 0 Å². The highest BCUT2D eigenvalue weighted by atomic mass is 16.5. The molecule has 3 heteroatoms. The third kappa shape index (κ3) is 4.07. The molecular formula is C20H24O3. The predicted molar refractivity (Wildman–Crippen MR) is 95.6 cm³/mol. The fraction of sp³-hybridized carbons (Fsp3) is 0.300. The highest BCUT2D eigenvalue weighted by molar-refractivity contribution is 5.72. The fourth-order valence-electron chi connectivity index (χ4n) is 2.53. The van der Waals surface area contributed by atoms with Crippen LogP contribution in [-0.4, -0.2) is 21.3 Å². The SMILES string of the molecule is COc1ccc(/C=C/c2cc(OC)c(C(C)C)c(OC)c2)cc1. The van der Waals surface area contributed by atoms with Gasteiger partial charge in [-0.25, -0.2) is 0 Å². The summed E-state index contributed by atoms with van der Waals surface area (Å²) >= 11 is 0. The first-order chi connectivity index (χ1) is 11.1. The molecule has 0 unspecified atom stereocenters. The molecule has 0 aromatic heterocycles. The van der Waals surface area contributed by atoms with Gasteiger partial charge in [0.15, 0.2) is 0 Å². The lowest BCUT2D eigenvalue weighted by atomic mass is 9.98. The molecule has 122 valence electrons. The van der Waals surface area contributed by atoms with Crippen molar-refractivity contribution in [1.82, 2.24) is 0 Å². The lowest BCUT2D eigenvalue weighted by Crippen LogP contribution is -1.99. The predicted octanol–water partition coefficient (Wildman–Crippen LogP) is 5.01. The van der Waals surface area contributed by atoms with Crippen molar-refractivity contribution in [3.05, 3.63) is 53.1 Å². The molecule has 0 N–H and O–H groups in total. The van der Waals surface area contributed by atoms with Crippen molar-refractivity contribution >= 4 is 12.2 Å². The summed E-state index contributed by atoms with van der Waals surface area (Å²) in [6.07, 6.45) is 4.11. The van der Waals surface area contributed by atoms with Crippen LogP contribution in [-0.2, 0) is 0 Å². The van der Waals surface area contributed by atoms with E-state index in [-0.39, 0.29) is 0 Å². The van der Waals surface area contributed by atoms with E-state index < -0.39 is 0 Å². The molecule has 0 atom stereocenters. The van der Waals surface area contributed by atoms with Crippen LogP contribution in [0.3, 0.4) is 0 Å². The Labute approximate surface area is 138 Å². The first kappa shape index (κ1) is 16.9. The van der Waals surface area contributed by atoms with Crippen LogP contribution in [0.1, 0.15) is 36.5 Å². The molecule has 0 heterocycles. The summed E-state index contributed by atoms with van der Waals surface area (Å²) in [7, 11) is 5.05. The van der Waals surface area contributed by atoms with Crippen molar-refractivity contribution < 1.29 is 14.2 Å². The molecule has 3 nitrogen and oxygen atoms in total. The molecule has 0 radical (unpaired) electrons. The van der Waals surface area contributed by atoms with Crippen molar-refractivity contribution in [3.63, 3.8) is 0 Å². The molecule has 0 aliphatic heterocycles. The zero-order chi connectivity index (χ0) is 16.8. The third-order valence-electron chi connectivity index (χ3n) is 3.73. The Hall–Kier alpha value is -2.42. The van der Waals surface area contributed by atoms with Gasteiger partial charge >= 0.3 is 0 Å². The second-order valence-corrected chi connectivity index (χ2v) is 5.60. The Kier molecular flexibility index (Phi) is 5.69. The minimum atomic E-state index is 0.333. The number of ether oxygens (including phenoxy) is 3. The van der Waals surface area contributed by atoms with Crippen LogP contribution in [0.25, 0.3) is 12.2 Å². The molecule has 23 heavy (non-hydrogen) atoms. The molecule has 0 spiro atoms. The van der Waals surface area contributed by atoms with Crippen LogP contribution in [0.4, 0.5) is 0 Å². The molecule has 0 fully saturated rings. The number of hydrogen-bond donors (Lipinski definition) is 0. The van der Waals surface area contributed by atoms with Crippen LogP contribution in [0.15, 0.2) is 36.4 Å². The van der Waals surface area contributed by atoms with Crippen molar-refractivity contribution in [2.45, 2.75) is 19.8 Å². The molecule has 2 aromatic carbocycles. The Balaban J connectivity index is 2.33. The third-order valence-corrected chi connectivity index (χ3v) is 3.73. The van der Waals surface area contributed by atoms with Crippen LogP contribution < -0.4 is 14.2 Å². The normalized spacial score (nSPS) is 11.0. The van der Waals surface area contributed by atoms with Crippen molar-refractivity contribution in [3.8, 4) is 17.2 Å². The van der Waals surface area contributed by atoms with E-state index in [2.05, 4.69) is 26.0 Å². The van der Waals surface area contributed by atoms with Gasteiger partial charge in [0.2, 0.25) is 0 Å². The van der Waals surface area contributed by atoms with Crippen molar-refractivity contribution in [2.75, 3.05) is 21.3 Å². The highest BCUT2D eigenvalue weighted by Gasteiger charge is 2.14. The topological polar surface area (TPSA) is 27.7 Å². The van der Waals surface area contributed by atoms with Crippen LogP contribution in [0.5, 0.6) is 17.2 Å². The molecule has 2 rings (SSSR count). The molecule has 0 saturated carbocycles. The summed E-state index contributed by atoms with van der Waals surface area (Å²) in [5.41, 5.74) is 3.24. The smallest absolute Gasteiger partial charge is 0.126 e. The van der Waals surface area contributed by atoms with Crippen LogP contribution in [0.2, 0.25) is 0 Å². The molecule has 2 aromatic rings. The summed E-state index contributed by atoms with van der Waals surface area (Å²) in [5.74, 6) is 2.90. The minimum Gasteiger partial charge on any atom is -0.497 e. The maximum Gasteiger partial charge on any atom is 0.126 e. The molecule has 0 saturated heterocycles. The number of methoxy groups -OCH3 is 3. The van der Waals surface area contributed by atoms with E-state index in [1.54, 1.807) is 21.3 Å². The highest BCUT2D eigenvalue weighted by Crippen LogP contribution is 2.36. The van der Waals surface area contributed by atoms with Gasteiger partial charge in [0.25, 0.3) is 0 Å². The quantitative estimate of drug-likeness (QED) is 0.702. The molecule has 0 amide bonds. The Morgan fingerprint density at radius 2 is 1.26 bits per heavy atom. The second-order valence-electron chi connectivity index (χ2n) is 5.60. The summed E-state index contributed by atoms with van der Waals surface area (Å²) < 4.78 is 16.3. The first-order valence-corrected chi connectivity index (χ1v) is 7.67. The zero-order valence-electron chi connectivity index (χ0n) is 14.4. The second kappa shape index (κ2) is 7.73. The maximum atomic E-state index is 5.54. The molecule has 0 bridgehead atoms. The number of benzene rings is 2. The number of hydrogen-bond acceptors (Lipinski definition) is 3. The lowest BCUT2D eigenvalue weighted by Gasteiger charge is -2.17. The van der Waals surface area contributed by atoms with E-state index in [0.717, 1.165) is 33.9 Å². The van der Waals surface area contributed by atoms with Crippen LogP contribution >= 0.6 is 0 Å². The van der Waals surface area contributed by atoms with Gasteiger partial charge in [-0.3, -0.25) is 0 Å². The van der Waals surface area contributed by atoms with Gasteiger partial charge < -0.3 is 14.2 Å². The first-order valence-electron chi connectivity index (χ1n) is 7.67. The largest absolute Gasteiger partial charge is 0.497 e. The Morgan fingerprint density at radius 3 is 1.70 bits per heavy atom. The standard InChI is InChI=1S/C20H24O3/c1-14(2)20-18(22-4)12-16(13-19(20)23-5)7-6-15-8-10-17(21-3)11-9-15/h6-14H,1-5H3/b7-6+.